The monoisotopic (exact) mass is 228 g/mol. The molecule has 0 amide bonds. The zero-order valence-electron chi connectivity index (χ0n) is 9.75. The van der Waals surface area contributed by atoms with Crippen LogP contribution >= 0.6 is 11.3 Å². The first-order chi connectivity index (χ1) is 7.26. The predicted octanol–water partition coefficient (Wildman–Crippen LogP) is 2.08. The van der Waals surface area contributed by atoms with Gasteiger partial charge in [-0.2, -0.15) is 0 Å². The first kappa shape index (κ1) is 12.6. The summed E-state index contributed by atoms with van der Waals surface area (Å²) in [5.74, 6) is 0.556. The highest BCUT2D eigenvalue weighted by Crippen LogP contribution is 2.12. The quantitative estimate of drug-likeness (QED) is 0.776. The van der Waals surface area contributed by atoms with Gasteiger partial charge in [0.1, 0.15) is 5.01 Å². The number of rotatable bonds is 7. The van der Waals surface area contributed by atoms with E-state index in [0.29, 0.717) is 5.92 Å². The van der Waals surface area contributed by atoms with E-state index in [1.807, 2.05) is 6.20 Å². The van der Waals surface area contributed by atoms with Crippen LogP contribution in [0.3, 0.4) is 0 Å². The normalized spacial score (nSPS) is 13.0. The molecule has 0 aromatic carbocycles. The second-order valence-electron chi connectivity index (χ2n) is 3.77. The summed E-state index contributed by atoms with van der Waals surface area (Å²) < 4.78 is 5.07. The van der Waals surface area contributed by atoms with E-state index >= 15 is 0 Å². The lowest BCUT2D eigenvalue weighted by atomic mass is 10.2. The van der Waals surface area contributed by atoms with Gasteiger partial charge in [-0.3, -0.25) is 0 Å². The van der Waals surface area contributed by atoms with Gasteiger partial charge in [-0.1, -0.05) is 13.8 Å². The third-order valence-corrected chi connectivity index (χ3v) is 3.31. The molecule has 0 bridgehead atoms. The Bertz CT molecular complexity index is 275. The number of hydrogen-bond donors (Lipinski definition) is 1. The molecular weight excluding hydrogens is 208 g/mol. The van der Waals surface area contributed by atoms with Crippen molar-refractivity contribution in [2.24, 2.45) is 5.92 Å². The molecule has 0 aliphatic carbocycles. The van der Waals surface area contributed by atoms with Gasteiger partial charge >= 0.3 is 0 Å². The molecular formula is C11H20N2OS. The average molecular weight is 228 g/mol. The molecule has 1 heterocycles. The van der Waals surface area contributed by atoms with E-state index in [-0.39, 0.29) is 0 Å². The van der Waals surface area contributed by atoms with E-state index in [1.165, 1.54) is 9.88 Å². The first-order valence-electron chi connectivity index (χ1n) is 5.39. The number of thiazole rings is 1. The molecule has 0 fully saturated rings. The minimum Gasteiger partial charge on any atom is -0.384 e. The molecule has 0 aliphatic rings. The van der Waals surface area contributed by atoms with E-state index in [0.717, 1.165) is 26.1 Å². The van der Waals surface area contributed by atoms with Crippen molar-refractivity contribution in [2.75, 3.05) is 20.3 Å². The van der Waals surface area contributed by atoms with E-state index in [2.05, 4.69) is 24.1 Å². The summed E-state index contributed by atoms with van der Waals surface area (Å²) in [6.45, 7) is 7.00. The Morgan fingerprint density at radius 2 is 2.40 bits per heavy atom. The van der Waals surface area contributed by atoms with Gasteiger partial charge in [-0.25, -0.2) is 4.98 Å². The summed E-state index contributed by atoms with van der Waals surface area (Å²) >= 11 is 1.79. The van der Waals surface area contributed by atoms with Crippen LogP contribution in [-0.2, 0) is 17.7 Å². The van der Waals surface area contributed by atoms with Gasteiger partial charge in [0.2, 0.25) is 0 Å². The van der Waals surface area contributed by atoms with Crippen LogP contribution in [0.4, 0.5) is 0 Å². The molecule has 1 unspecified atom stereocenters. The second kappa shape index (κ2) is 6.93. The summed E-state index contributed by atoms with van der Waals surface area (Å²) in [6.07, 6.45) is 3.05. The van der Waals surface area contributed by atoms with Crippen molar-refractivity contribution in [2.45, 2.75) is 26.8 Å². The largest absolute Gasteiger partial charge is 0.384 e. The SMILES string of the molecule is CCc1cnc(CNCC(C)COC)s1. The molecule has 0 saturated carbocycles. The Kier molecular flexibility index (Phi) is 5.83. The number of aromatic nitrogens is 1. The van der Waals surface area contributed by atoms with Gasteiger partial charge in [0.05, 0.1) is 0 Å². The second-order valence-corrected chi connectivity index (χ2v) is 4.97. The third kappa shape index (κ3) is 4.73. The zero-order chi connectivity index (χ0) is 11.1. The fourth-order valence-corrected chi connectivity index (χ4v) is 2.19. The Balaban J connectivity index is 2.19. The van der Waals surface area contributed by atoms with Gasteiger partial charge in [0.15, 0.2) is 0 Å². The van der Waals surface area contributed by atoms with E-state index in [9.17, 15) is 0 Å². The van der Waals surface area contributed by atoms with Crippen LogP contribution in [0.15, 0.2) is 6.20 Å². The maximum absolute atomic E-state index is 5.07. The Labute approximate surface area is 95.9 Å². The number of nitrogens with zero attached hydrogens (tertiary/aromatic N) is 1. The Morgan fingerprint density at radius 1 is 1.60 bits per heavy atom. The van der Waals surface area contributed by atoms with Crippen molar-refractivity contribution in [1.29, 1.82) is 0 Å². The summed E-state index contributed by atoms with van der Waals surface area (Å²) in [4.78, 5) is 5.71. The van der Waals surface area contributed by atoms with E-state index in [1.54, 1.807) is 18.4 Å². The smallest absolute Gasteiger partial charge is 0.107 e. The minimum atomic E-state index is 0.556. The Morgan fingerprint density at radius 3 is 3.00 bits per heavy atom. The summed E-state index contributed by atoms with van der Waals surface area (Å²) in [5.41, 5.74) is 0. The van der Waals surface area contributed by atoms with Gasteiger partial charge in [-0.15, -0.1) is 11.3 Å². The highest BCUT2D eigenvalue weighted by Gasteiger charge is 2.03. The molecule has 1 atom stereocenters. The number of hydrogen-bond acceptors (Lipinski definition) is 4. The summed E-state index contributed by atoms with van der Waals surface area (Å²) in [5, 5.41) is 4.57. The van der Waals surface area contributed by atoms with Gasteiger partial charge in [0.25, 0.3) is 0 Å². The molecule has 0 radical (unpaired) electrons. The van der Waals surface area contributed by atoms with Crippen molar-refractivity contribution >= 4 is 11.3 Å². The molecule has 0 aliphatic heterocycles. The fourth-order valence-electron chi connectivity index (χ4n) is 1.36. The highest BCUT2D eigenvalue weighted by atomic mass is 32.1. The first-order valence-corrected chi connectivity index (χ1v) is 6.21. The zero-order valence-corrected chi connectivity index (χ0v) is 10.6. The number of ether oxygens (including phenoxy) is 1. The highest BCUT2D eigenvalue weighted by molar-refractivity contribution is 7.11. The average Bonchev–Trinajstić information content (AvgIpc) is 2.66. The number of aryl methyl sites for hydroxylation is 1. The van der Waals surface area contributed by atoms with Crippen LogP contribution in [0, 0.1) is 5.92 Å². The topological polar surface area (TPSA) is 34.2 Å². The van der Waals surface area contributed by atoms with Crippen molar-refractivity contribution in [3.63, 3.8) is 0 Å². The molecule has 0 spiro atoms. The molecule has 1 aromatic rings. The maximum atomic E-state index is 5.07. The lowest BCUT2D eigenvalue weighted by molar-refractivity contribution is 0.158. The molecule has 0 saturated heterocycles. The number of nitrogens with one attached hydrogen (secondary N) is 1. The van der Waals surface area contributed by atoms with Crippen LogP contribution in [0.5, 0.6) is 0 Å². The van der Waals surface area contributed by atoms with Crippen LogP contribution in [0.1, 0.15) is 23.7 Å². The van der Waals surface area contributed by atoms with Gasteiger partial charge in [0, 0.05) is 37.9 Å². The predicted molar refractivity (Wildman–Crippen MR) is 64.2 cm³/mol. The standard InChI is InChI=1S/C11H20N2OS/c1-4-10-6-13-11(15-10)7-12-5-9(2)8-14-3/h6,9,12H,4-5,7-8H2,1-3H3. The Hall–Kier alpha value is -0.450. The van der Waals surface area contributed by atoms with Crippen molar-refractivity contribution in [3.8, 4) is 0 Å². The van der Waals surface area contributed by atoms with Crippen molar-refractivity contribution < 1.29 is 4.74 Å². The van der Waals surface area contributed by atoms with Gasteiger partial charge in [-0.05, 0) is 12.3 Å². The van der Waals surface area contributed by atoms with E-state index in [4.69, 9.17) is 4.74 Å². The van der Waals surface area contributed by atoms with Crippen LogP contribution < -0.4 is 5.32 Å². The van der Waals surface area contributed by atoms with Gasteiger partial charge < -0.3 is 10.1 Å². The van der Waals surface area contributed by atoms with Crippen molar-refractivity contribution in [1.82, 2.24) is 10.3 Å². The summed E-state index contributed by atoms with van der Waals surface area (Å²) in [7, 11) is 1.74. The fraction of sp³-hybridized carbons (Fsp3) is 0.727. The lowest BCUT2D eigenvalue weighted by Gasteiger charge is -2.10. The van der Waals surface area contributed by atoms with Crippen molar-refractivity contribution in [3.05, 3.63) is 16.1 Å². The number of methoxy groups -OCH3 is 1. The minimum absolute atomic E-state index is 0.556. The lowest BCUT2D eigenvalue weighted by Crippen LogP contribution is -2.23. The molecule has 4 heteroatoms. The maximum Gasteiger partial charge on any atom is 0.107 e. The molecule has 1 aromatic heterocycles. The molecule has 1 rings (SSSR count). The molecule has 1 N–H and O–H groups in total. The third-order valence-electron chi connectivity index (χ3n) is 2.17. The molecule has 3 nitrogen and oxygen atoms in total. The summed E-state index contributed by atoms with van der Waals surface area (Å²) in [6, 6.07) is 0. The molecule has 15 heavy (non-hydrogen) atoms. The molecule has 86 valence electrons. The van der Waals surface area contributed by atoms with Crippen LogP contribution in [0.2, 0.25) is 0 Å². The van der Waals surface area contributed by atoms with Crippen LogP contribution in [0.25, 0.3) is 0 Å². The van der Waals surface area contributed by atoms with E-state index < -0.39 is 0 Å². The van der Waals surface area contributed by atoms with Crippen LogP contribution in [-0.4, -0.2) is 25.2 Å².